The maximum Gasteiger partial charge on any atom is 0.303 e. The lowest BCUT2D eigenvalue weighted by atomic mass is 10.1. The molecule has 0 spiro atoms. The Morgan fingerprint density at radius 1 is 0.897 bits per heavy atom. The second-order valence-corrected chi connectivity index (χ2v) is 7.56. The van der Waals surface area contributed by atoms with Crippen molar-refractivity contribution in [3.63, 3.8) is 0 Å². The number of carbonyl (C=O) groups is 1. The Morgan fingerprint density at radius 3 is 2.31 bits per heavy atom. The number of ether oxygens (including phenoxy) is 1. The predicted octanol–water partition coefficient (Wildman–Crippen LogP) is 6.49. The first-order chi connectivity index (χ1) is 14.2. The third-order valence-corrected chi connectivity index (χ3v) is 5.49. The molecule has 1 aromatic heterocycles. The highest BCUT2D eigenvalue weighted by atomic mass is 32.1. The van der Waals surface area contributed by atoms with E-state index in [0.29, 0.717) is 6.42 Å². The molecule has 0 amide bonds. The first kappa shape index (κ1) is 18.9. The Balaban J connectivity index is 1.60. The Labute approximate surface area is 172 Å². The van der Waals surface area contributed by atoms with Crippen molar-refractivity contribution in [1.82, 2.24) is 4.98 Å². The number of para-hydroxylation sites is 2. The first-order valence-electron chi connectivity index (χ1n) is 9.29. The number of thiazole rings is 1. The minimum Gasteiger partial charge on any atom is -0.481 e. The molecule has 5 heteroatoms. The van der Waals surface area contributed by atoms with E-state index >= 15 is 0 Å². The highest BCUT2D eigenvalue weighted by Gasteiger charge is 2.11. The van der Waals surface area contributed by atoms with Crippen molar-refractivity contribution in [1.29, 1.82) is 0 Å². The van der Waals surface area contributed by atoms with Gasteiger partial charge in [-0.2, -0.15) is 0 Å². The number of aliphatic carboxylic acids is 1. The lowest BCUT2D eigenvalue weighted by molar-refractivity contribution is -0.136. The summed E-state index contributed by atoms with van der Waals surface area (Å²) in [6, 6.07) is 25.3. The highest BCUT2D eigenvalue weighted by Crippen LogP contribution is 2.31. The zero-order chi connectivity index (χ0) is 20.1. The van der Waals surface area contributed by atoms with Gasteiger partial charge in [-0.15, -0.1) is 11.3 Å². The maximum atomic E-state index is 11.1. The van der Waals surface area contributed by atoms with E-state index in [1.54, 1.807) is 11.3 Å². The molecule has 144 valence electrons. The third-order valence-electron chi connectivity index (χ3n) is 4.38. The Bertz CT molecular complexity index is 1110. The van der Waals surface area contributed by atoms with E-state index in [4.69, 9.17) is 14.8 Å². The van der Waals surface area contributed by atoms with E-state index in [0.717, 1.165) is 37.9 Å². The standard InChI is InChI=1S/C24H19NO3S/c26-23(27)15-12-18(24-25-21-8-4-5-9-22(21)29-24)16-17-10-13-20(14-11-17)28-19-6-2-1-3-7-19/h1-11,13-14,16H,12,15H2,(H,26,27)/b18-16+. The van der Waals surface area contributed by atoms with Gasteiger partial charge in [0.15, 0.2) is 0 Å². The van der Waals surface area contributed by atoms with E-state index in [1.165, 1.54) is 0 Å². The SMILES string of the molecule is O=C(O)CC/C(=C\c1ccc(Oc2ccccc2)cc1)c1nc2ccccc2s1. The Hall–Kier alpha value is -3.44. The van der Waals surface area contributed by atoms with Crippen LogP contribution in [0.3, 0.4) is 0 Å². The summed E-state index contributed by atoms with van der Waals surface area (Å²) in [5, 5.41) is 9.99. The number of carboxylic acids is 1. The average Bonchev–Trinajstić information content (AvgIpc) is 3.17. The van der Waals surface area contributed by atoms with Crippen LogP contribution in [-0.4, -0.2) is 16.1 Å². The third kappa shape index (κ3) is 4.89. The number of allylic oxidation sites excluding steroid dienone is 1. The van der Waals surface area contributed by atoms with Crippen molar-refractivity contribution in [2.45, 2.75) is 12.8 Å². The van der Waals surface area contributed by atoms with Crippen LogP contribution in [0.5, 0.6) is 11.5 Å². The van der Waals surface area contributed by atoms with Gasteiger partial charge in [0.25, 0.3) is 0 Å². The fourth-order valence-corrected chi connectivity index (χ4v) is 3.96. The van der Waals surface area contributed by atoms with Gasteiger partial charge in [0.2, 0.25) is 0 Å². The average molecular weight is 401 g/mol. The highest BCUT2D eigenvalue weighted by molar-refractivity contribution is 7.19. The van der Waals surface area contributed by atoms with Crippen LogP contribution in [-0.2, 0) is 4.79 Å². The molecule has 0 unspecified atom stereocenters. The van der Waals surface area contributed by atoms with Crippen molar-refractivity contribution in [3.8, 4) is 11.5 Å². The molecule has 4 nitrogen and oxygen atoms in total. The van der Waals surface area contributed by atoms with Crippen molar-refractivity contribution in [2.24, 2.45) is 0 Å². The summed E-state index contributed by atoms with van der Waals surface area (Å²) in [4.78, 5) is 15.8. The summed E-state index contributed by atoms with van der Waals surface area (Å²) in [6.45, 7) is 0. The summed E-state index contributed by atoms with van der Waals surface area (Å²) in [5.41, 5.74) is 2.83. The summed E-state index contributed by atoms with van der Waals surface area (Å²) in [5.74, 6) is 0.719. The van der Waals surface area contributed by atoms with Gasteiger partial charge in [0.1, 0.15) is 16.5 Å². The lowest BCUT2D eigenvalue weighted by Crippen LogP contribution is -1.95. The Morgan fingerprint density at radius 2 is 1.59 bits per heavy atom. The Kier molecular flexibility index (Phi) is 5.68. The zero-order valence-corrected chi connectivity index (χ0v) is 16.4. The molecule has 3 aromatic carbocycles. The van der Waals surface area contributed by atoms with Crippen LogP contribution in [0.25, 0.3) is 21.9 Å². The van der Waals surface area contributed by atoms with Gasteiger partial charge in [0, 0.05) is 6.42 Å². The van der Waals surface area contributed by atoms with Crippen LogP contribution in [0, 0.1) is 0 Å². The van der Waals surface area contributed by atoms with E-state index in [-0.39, 0.29) is 6.42 Å². The van der Waals surface area contributed by atoms with Crippen LogP contribution >= 0.6 is 11.3 Å². The van der Waals surface area contributed by atoms with Gasteiger partial charge in [-0.3, -0.25) is 4.79 Å². The van der Waals surface area contributed by atoms with Crippen LogP contribution in [0.2, 0.25) is 0 Å². The van der Waals surface area contributed by atoms with Crippen molar-refractivity contribution in [2.75, 3.05) is 0 Å². The molecular weight excluding hydrogens is 382 g/mol. The molecule has 0 aliphatic heterocycles. The quantitative estimate of drug-likeness (QED) is 0.384. The van der Waals surface area contributed by atoms with Gasteiger partial charge in [-0.05, 0) is 60.0 Å². The summed E-state index contributed by atoms with van der Waals surface area (Å²) < 4.78 is 6.93. The molecule has 4 rings (SSSR count). The number of hydrogen-bond acceptors (Lipinski definition) is 4. The molecule has 0 saturated heterocycles. The number of fused-ring (bicyclic) bond motifs is 1. The van der Waals surface area contributed by atoms with Crippen molar-refractivity contribution in [3.05, 3.63) is 89.4 Å². The lowest BCUT2D eigenvalue weighted by Gasteiger charge is -2.06. The summed E-state index contributed by atoms with van der Waals surface area (Å²) in [7, 11) is 0. The largest absolute Gasteiger partial charge is 0.481 e. The van der Waals surface area contributed by atoms with Crippen molar-refractivity contribution < 1.29 is 14.6 Å². The predicted molar refractivity (Wildman–Crippen MR) is 117 cm³/mol. The van der Waals surface area contributed by atoms with Crippen molar-refractivity contribution >= 4 is 39.2 Å². The number of carboxylic acid groups (broad SMARTS) is 1. The van der Waals surface area contributed by atoms with Gasteiger partial charge < -0.3 is 9.84 Å². The second-order valence-electron chi connectivity index (χ2n) is 6.53. The second kappa shape index (κ2) is 8.71. The first-order valence-corrected chi connectivity index (χ1v) is 10.1. The number of aromatic nitrogens is 1. The molecule has 0 atom stereocenters. The molecule has 1 N–H and O–H groups in total. The molecule has 0 radical (unpaired) electrons. The molecule has 0 bridgehead atoms. The zero-order valence-electron chi connectivity index (χ0n) is 15.6. The molecule has 0 fully saturated rings. The summed E-state index contributed by atoms with van der Waals surface area (Å²) in [6.07, 6.45) is 2.50. The minimum absolute atomic E-state index is 0.0664. The molecule has 0 aliphatic carbocycles. The maximum absolute atomic E-state index is 11.1. The van der Waals surface area contributed by atoms with E-state index in [2.05, 4.69) is 0 Å². The number of benzene rings is 3. The van der Waals surface area contributed by atoms with E-state index < -0.39 is 5.97 Å². The fourth-order valence-electron chi connectivity index (χ4n) is 2.95. The smallest absolute Gasteiger partial charge is 0.303 e. The monoisotopic (exact) mass is 401 g/mol. The fraction of sp³-hybridized carbons (Fsp3) is 0.0833. The minimum atomic E-state index is -0.816. The number of rotatable bonds is 7. The topological polar surface area (TPSA) is 59.4 Å². The van der Waals surface area contributed by atoms with Crippen LogP contribution in [0.1, 0.15) is 23.4 Å². The summed E-state index contributed by atoms with van der Waals surface area (Å²) >= 11 is 1.58. The van der Waals surface area contributed by atoms with Gasteiger partial charge >= 0.3 is 5.97 Å². The van der Waals surface area contributed by atoms with E-state index in [1.807, 2.05) is 84.9 Å². The van der Waals surface area contributed by atoms with E-state index in [9.17, 15) is 4.79 Å². The van der Waals surface area contributed by atoms with Crippen LogP contribution in [0.15, 0.2) is 78.9 Å². The molecule has 4 aromatic rings. The van der Waals surface area contributed by atoms with Gasteiger partial charge in [-0.1, -0.05) is 42.5 Å². The molecular formula is C24H19NO3S. The van der Waals surface area contributed by atoms with Crippen LogP contribution in [0.4, 0.5) is 0 Å². The van der Waals surface area contributed by atoms with Crippen LogP contribution < -0.4 is 4.74 Å². The molecule has 0 saturated carbocycles. The van der Waals surface area contributed by atoms with Gasteiger partial charge in [0.05, 0.1) is 10.2 Å². The molecule has 29 heavy (non-hydrogen) atoms. The number of hydrogen-bond donors (Lipinski definition) is 1. The molecule has 0 aliphatic rings. The van der Waals surface area contributed by atoms with Gasteiger partial charge in [-0.25, -0.2) is 4.98 Å². The number of nitrogens with zero attached hydrogens (tertiary/aromatic N) is 1. The normalized spacial score (nSPS) is 11.5. The molecule has 1 heterocycles.